The van der Waals surface area contributed by atoms with Crippen LogP contribution in [0.4, 0.5) is 4.39 Å². The predicted molar refractivity (Wildman–Crippen MR) is 77.6 cm³/mol. The summed E-state index contributed by atoms with van der Waals surface area (Å²) in [6.07, 6.45) is 2.50. The predicted octanol–water partition coefficient (Wildman–Crippen LogP) is 2.04. The lowest BCUT2D eigenvalue weighted by atomic mass is 10.1. The zero-order valence-corrected chi connectivity index (χ0v) is 11.8. The molecule has 2 atom stereocenters. The topological polar surface area (TPSA) is 58.7 Å². The van der Waals surface area contributed by atoms with Crippen molar-refractivity contribution in [2.75, 3.05) is 6.54 Å². The molecule has 0 saturated carbocycles. The lowest BCUT2D eigenvalue weighted by Crippen LogP contribution is -2.23. The fourth-order valence-corrected chi connectivity index (χ4v) is 2.18. The van der Waals surface area contributed by atoms with Crippen molar-refractivity contribution in [3.05, 3.63) is 48.0 Å². The monoisotopic (exact) mass is 290 g/mol. The highest BCUT2D eigenvalue weighted by Gasteiger charge is 2.23. The van der Waals surface area contributed by atoms with Gasteiger partial charge in [0.05, 0.1) is 6.10 Å². The first kappa shape index (κ1) is 15.4. The molecule has 21 heavy (non-hydrogen) atoms. The molecular weight excluding hydrogens is 271 g/mol. The number of halogens is 1. The molecule has 5 heteroatoms. The lowest BCUT2D eigenvalue weighted by Gasteiger charge is -2.12. The summed E-state index contributed by atoms with van der Waals surface area (Å²) in [5.41, 5.74) is 6.36. The van der Waals surface area contributed by atoms with Crippen LogP contribution in [-0.2, 0) is 11.2 Å². The van der Waals surface area contributed by atoms with Crippen LogP contribution in [0.5, 0.6) is 0 Å². The SMILES string of the molecule is C=C(N)N(O)CC#CC1CC[C@@H](Cc2ccc(F)cc2)O1. The third kappa shape index (κ3) is 4.78. The number of nitrogens with zero attached hydrogens (tertiary/aromatic N) is 1. The molecule has 0 bridgehead atoms. The Morgan fingerprint density at radius 3 is 2.81 bits per heavy atom. The van der Waals surface area contributed by atoms with Gasteiger partial charge in [-0.1, -0.05) is 30.6 Å². The number of hydroxylamine groups is 2. The molecule has 0 aliphatic carbocycles. The molecule has 0 spiro atoms. The van der Waals surface area contributed by atoms with E-state index in [1.165, 1.54) is 12.1 Å². The molecule has 112 valence electrons. The molecule has 0 amide bonds. The molecule has 1 aliphatic heterocycles. The lowest BCUT2D eigenvalue weighted by molar-refractivity contribution is -0.0430. The van der Waals surface area contributed by atoms with E-state index in [2.05, 4.69) is 18.4 Å². The van der Waals surface area contributed by atoms with Gasteiger partial charge in [0.25, 0.3) is 0 Å². The Morgan fingerprint density at radius 2 is 2.14 bits per heavy atom. The van der Waals surface area contributed by atoms with Crippen molar-refractivity contribution >= 4 is 0 Å². The first-order valence-electron chi connectivity index (χ1n) is 6.83. The number of benzene rings is 1. The van der Waals surface area contributed by atoms with Gasteiger partial charge in [-0.15, -0.1) is 0 Å². The molecule has 1 aromatic carbocycles. The summed E-state index contributed by atoms with van der Waals surface area (Å²) in [4.78, 5) is 0. The van der Waals surface area contributed by atoms with Gasteiger partial charge in [0.1, 0.15) is 24.3 Å². The van der Waals surface area contributed by atoms with Gasteiger partial charge in [0.15, 0.2) is 0 Å². The number of ether oxygens (including phenoxy) is 1. The zero-order chi connectivity index (χ0) is 15.2. The average Bonchev–Trinajstić information content (AvgIpc) is 2.89. The summed E-state index contributed by atoms with van der Waals surface area (Å²) in [6.45, 7) is 3.51. The van der Waals surface area contributed by atoms with Crippen molar-refractivity contribution in [3.63, 3.8) is 0 Å². The molecule has 4 nitrogen and oxygen atoms in total. The maximum absolute atomic E-state index is 12.8. The third-order valence-electron chi connectivity index (χ3n) is 3.31. The molecule has 0 aromatic heterocycles. The maximum Gasteiger partial charge on any atom is 0.123 e. The molecule has 3 N–H and O–H groups in total. The van der Waals surface area contributed by atoms with Gasteiger partial charge in [0, 0.05) is 0 Å². The second-order valence-corrected chi connectivity index (χ2v) is 5.02. The molecule has 2 rings (SSSR count). The number of rotatable bonds is 4. The van der Waals surface area contributed by atoms with E-state index in [9.17, 15) is 9.60 Å². The Balaban J connectivity index is 1.79. The van der Waals surface area contributed by atoms with Crippen molar-refractivity contribution in [2.24, 2.45) is 5.73 Å². The maximum atomic E-state index is 12.8. The summed E-state index contributed by atoms with van der Waals surface area (Å²) < 4.78 is 18.7. The second-order valence-electron chi connectivity index (χ2n) is 5.02. The Kier molecular flexibility index (Phi) is 5.20. The van der Waals surface area contributed by atoms with Crippen LogP contribution in [-0.4, -0.2) is 29.0 Å². The molecular formula is C16H19FN2O2. The van der Waals surface area contributed by atoms with E-state index in [1.54, 1.807) is 12.1 Å². The first-order chi connectivity index (χ1) is 10.0. The smallest absolute Gasteiger partial charge is 0.123 e. The van der Waals surface area contributed by atoms with E-state index in [0.717, 1.165) is 29.9 Å². The highest BCUT2D eigenvalue weighted by atomic mass is 19.1. The zero-order valence-electron chi connectivity index (χ0n) is 11.8. The highest BCUT2D eigenvalue weighted by Crippen LogP contribution is 2.22. The standard InChI is InChI=1S/C16H19FN2O2/c1-12(18)19(20)10-2-3-15-8-9-16(21-15)11-13-4-6-14(17)7-5-13/h4-7,15-16,20H,1,8-11,18H2/t15?,16-/m0/s1. The molecule has 1 unspecified atom stereocenters. The number of hydrogen-bond acceptors (Lipinski definition) is 4. The average molecular weight is 290 g/mol. The number of hydrogen-bond donors (Lipinski definition) is 2. The van der Waals surface area contributed by atoms with Gasteiger partial charge >= 0.3 is 0 Å². The van der Waals surface area contributed by atoms with Gasteiger partial charge < -0.3 is 10.5 Å². The van der Waals surface area contributed by atoms with Crippen LogP contribution in [0.25, 0.3) is 0 Å². The summed E-state index contributed by atoms with van der Waals surface area (Å²) >= 11 is 0. The summed E-state index contributed by atoms with van der Waals surface area (Å²) in [6, 6.07) is 6.45. The largest absolute Gasteiger partial charge is 0.384 e. The van der Waals surface area contributed by atoms with Crippen LogP contribution in [0.3, 0.4) is 0 Å². The van der Waals surface area contributed by atoms with Crippen molar-refractivity contribution in [1.82, 2.24) is 5.06 Å². The van der Waals surface area contributed by atoms with Crippen molar-refractivity contribution in [3.8, 4) is 11.8 Å². The van der Waals surface area contributed by atoms with Crippen LogP contribution in [0.1, 0.15) is 18.4 Å². The Bertz CT molecular complexity index is 548. The summed E-state index contributed by atoms with van der Waals surface area (Å²) in [7, 11) is 0. The molecule has 1 saturated heterocycles. The van der Waals surface area contributed by atoms with Crippen LogP contribution in [0.15, 0.2) is 36.7 Å². The van der Waals surface area contributed by atoms with Crippen molar-refractivity contribution in [1.29, 1.82) is 0 Å². The minimum absolute atomic E-state index is 0.0610. The fourth-order valence-electron chi connectivity index (χ4n) is 2.18. The fraction of sp³-hybridized carbons (Fsp3) is 0.375. The van der Waals surface area contributed by atoms with Gasteiger partial charge in [-0.05, 0) is 37.0 Å². The van der Waals surface area contributed by atoms with E-state index < -0.39 is 0 Å². The third-order valence-corrected chi connectivity index (χ3v) is 3.31. The minimum Gasteiger partial charge on any atom is -0.384 e. The Hall–Kier alpha value is -2.03. The van der Waals surface area contributed by atoms with Gasteiger partial charge in [-0.2, -0.15) is 0 Å². The Labute approximate surface area is 124 Å². The van der Waals surface area contributed by atoms with Crippen LogP contribution >= 0.6 is 0 Å². The van der Waals surface area contributed by atoms with E-state index in [0.29, 0.717) is 0 Å². The minimum atomic E-state index is -0.232. The van der Waals surface area contributed by atoms with Gasteiger partial charge in [0.2, 0.25) is 0 Å². The summed E-state index contributed by atoms with van der Waals surface area (Å²) in [5.74, 6) is 5.60. The highest BCUT2D eigenvalue weighted by molar-refractivity contribution is 5.17. The van der Waals surface area contributed by atoms with E-state index in [1.807, 2.05) is 0 Å². The Morgan fingerprint density at radius 1 is 1.43 bits per heavy atom. The summed E-state index contributed by atoms with van der Waals surface area (Å²) in [5, 5.41) is 10.1. The van der Waals surface area contributed by atoms with Gasteiger partial charge in [-0.3, -0.25) is 5.21 Å². The molecule has 1 aromatic rings. The van der Waals surface area contributed by atoms with E-state index in [4.69, 9.17) is 10.5 Å². The van der Waals surface area contributed by atoms with Crippen LogP contribution in [0.2, 0.25) is 0 Å². The van der Waals surface area contributed by atoms with E-state index in [-0.39, 0.29) is 30.4 Å². The molecule has 1 fully saturated rings. The van der Waals surface area contributed by atoms with Crippen molar-refractivity contribution < 1.29 is 14.3 Å². The quantitative estimate of drug-likeness (QED) is 0.658. The normalized spacial score (nSPS) is 20.7. The van der Waals surface area contributed by atoms with Crippen molar-refractivity contribution in [2.45, 2.75) is 31.5 Å². The molecule has 1 heterocycles. The van der Waals surface area contributed by atoms with Gasteiger partial charge in [-0.25, -0.2) is 9.45 Å². The number of nitrogens with two attached hydrogens (primary N) is 1. The van der Waals surface area contributed by atoms with E-state index >= 15 is 0 Å². The van der Waals surface area contributed by atoms with Crippen LogP contribution in [0, 0.1) is 17.7 Å². The molecule has 1 aliphatic rings. The molecule has 0 radical (unpaired) electrons. The second kappa shape index (κ2) is 7.11. The first-order valence-corrected chi connectivity index (χ1v) is 6.83. The van der Waals surface area contributed by atoms with Crippen LogP contribution < -0.4 is 5.73 Å².